The molecule has 0 amide bonds. The first-order valence-electron chi connectivity index (χ1n) is 5.98. The molecule has 0 saturated carbocycles. The highest BCUT2D eigenvalue weighted by Gasteiger charge is 2.35. The van der Waals surface area contributed by atoms with E-state index in [1.165, 1.54) is 0 Å². The first-order valence-corrected chi connectivity index (χ1v) is 5.98. The van der Waals surface area contributed by atoms with Crippen LogP contribution in [0.5, 0.6) is 0 Å². The van der Waals surface area contributed by atoms with Gasteiger partial charge in [-0.15, -0.1) is 0 Å². The van der Waals surface area contributed by atoms with Crippen molar-refractivity contribution in [3.63, 3.8) is 0 Å². The number of nitrogens with zero attached hydrogens (tertiary/aromatic N) is 4. The highest BCUT2D eigenvalue weighted by molar-refractivity contribution is 5.58. The van der Waals surface area contributed by atoms with E-state index in [0.29, 0.717) is 13.1 Å². The standard InChI is InChI=1S/C11H17N5O3/c1-7-5-15(6-11(2,3)19-7)9-8(16(17)18)4-13-10(12)14-9/h4,7H,5-6H2,1-3H3,(H2,12,13,14). The Hall–Kier alpha value is -1.96. The predicted octanol–water partition coefficient (Wildman–Crippen LogP) is 0.971. The van der Waals surface area contributed by atoms with Crippen molar-refractivity contribution in [3.05, 3.63) is 16.3 Å². The van der Waals surface area contributed by atoms with Gasteiger partial charge in [0.25, 0.3) is 0 Å². The molecule has 19 heavy (non-hydrogen) atoms. The van der Waals surface area contributed by atoms with Crippen molar-refractivity contribution in [2.24, 2.45) is 0 Å². The van der Waals surface area contributed by atoms with E-state index in [0.717, 1.165) is 6.20 Å². The number of nitro groups is 1. The van der Waals surface area contributed by atoms with Crippen LogP contribution in [0.2, 0.25) is 0 Å². The second kappa shape index (κ2) is 4.61. The van der Waals surface area contributed by atoms with Crippen molar-refractivity contribution in [2.45, 2.75) is 32.5 Å². The molecule has 1 aromatic rings. The lowest BCUT2D eigenvalue weighted by Gasteiger charge is -2.41. The normalized spacial score (nSPS) is 22.3. The van der Waals surface area contributed by atoms with Gasteiger partial charge in [-0.1, -0.05) is 0 Å². The lowest BCUT2D eigenvalue weighted by molar-refractivity contribution is -0.384. The fourth-order valence-electron chi connectivity index (χ4n) is 2.36. The van der Waals surface area contributed by atoms with Gasteiger partial charge in [0.2, 0.25) is 11.8 Å². The van der Waals surface area contributed by atoms with E-state index in [2.05, 4.69) is 9.97 Å². The van der Waals surface area contributed by atoms with Crippen molar-refractivity contribution in [1.29, 1.82) is 0 Å². The minimum atomic E-state index is -0.498. The van der Waals surface area contributed by atoms with Crippen LogP contribution in [0.1, 0.15) is 20.8 Å². The lowest BCUT2D eigenvalue weighted by Crippen LogP contribution is -2.52. The van der Waals surface area contributed by atoms with Crippen molar-refractivity contribution in [2.75, 3.05) is 23.7 Å². The lowest BCUT2D eigenvalue weighted by atomic mass is 10.1. The second-order valence-corrected chi connectivity index (χ2v) is 5.26. The first kappa shape index (κ1) is 13.5. The molecule has 2 heterocycles. The molecule has 0 radical (unpaired) electrons. The fraction of sp³-hybridized carbons (Fsp3) is 0.636. The monoisotopic (exact) mass is 267 g/mol. The zero-order chi connectivity index (χ0) is 14.2. The summed E-state index contributed by atoms with van der Waals surface area (Å²) in [4.78, 5) is 20.1. The fourth-order valence-corrected chi connectivity index (χ4v) is 2.36. The Morgan fingerprint density at radius 3 is 2.89 bits per heavy atom. The molecule has 1 aromatic heterocycles. The Kier molecular flexibility index (Phi) is 3.27. The largest absolute Gasteiger partial charge is 0.369 e. The second-order valence-electron chi connectivity index (χ2n) is 5.26. The van der Waals surface area contributed by atoms with Gasteiger partial charge in [0, 0.05) is 13.1 Å². The summed E-state index contributed by atoms with van der Waals surface area (Å²) in [5.41, 5.74) is 5.00. The number of rotatable bonds is 2. The van der Waals surface area contributed by atoms with Gasteiger partial charge in [-0.3, -0.25) is 10.1 Å². The molecular weight excluding hydrogens is 250 g/mol. The number of anilines is 2. The summed E-state index contributed by atoms with van der Waals surface area (Å²) in [5, 5.41) is 11.0. The van der Waals surface area contributed by atoms with Gasteiger partial charge < -0.3 is 15.4 Å². The maximum Gasteiger partial charge on any atom is 0.329 e. The number of ether oxygens (including phenoxy) is 1. The maximum atomic E-state index is 11.0. The highest BCUT2D eigenvalue weighted by atomic mass is 16.6. The van der Waals surface area contributed by atoms with Gasteiger partial charge in [0.1, 0.15) is 6.20 Å². The molecule has 1 unspecified atom stereocenters. The van der Waals surface area contributed by atoms with Crippen LogP contribution in [0.25, 0.3) is 0 Å². The zero-order valence-electron chi connectivity index (χ0n) is 11.2. The van der Waals surface area contributed by atoms with Crippen LogP contribution < -0.4 is 10.6 Å². The van der Waals surface area contributed by atoms with Gasteiger partial charge in [-0.2, -0.15) is 4.98 Å². The third kappa shape index (κ3) is 2.90. The molecular formula is C11H17N5O3. The van der Waals surface area contributed by atoms with E-state index in [4.69, 9.17) is 10.5 Å². The van der Waals surface area contributed by atoms with Crippen molar-refractivity contribution in [1.82, 2.24) is 9.97 Å². The SMILES string of the molecule is CC1CN(c2nc(N)ncc2[N+](=O)[O-])CC(C)(C)O1. The molecule has 8 heteroatoms. The van der Waals surface area contributed by atoms with Crippen LogP contribution in [-0.4, -0.2) is 39.7 Å². The van der Waals surface area contributed by atoms with Gasteiger partial charge in [-0.05, 0) is 20.8 Å². The van der Waals surface area contributed by atoms with Gasteiger partial charge in [0.15, 0.2) is 0 Å². The zero-order valence-corrected chi connectivity index (χ0v) is 11.2. The van der Waals surface area contributed by atoms with Crippen molar-refractivity contribution in [3.8, 4) is 0 Å². The molecule has 1 saturated heterocycles. The van der Waals surface area contributed by atoms with Crippen LogP contribution in [0.3, 0.4) is 0 Å². The molecule has 1 atom stereocenters. The number of nitrogen functional groups attached to an aromatic ring is 1. The average molecular weight is 267 g/mol. The number of hydrogen-bond acceptors (Lipinski definition) is 7. The van der Waals surface area contributed by atoms with Gasteiger partial charge in [-0.25, -0.2) is 4.98 Å². The smallest absolute Gasteiger partial charge is 0.329 e. The number of nitrogens with two attached hydrogens (primary N) is 1. The molecule has 1 aliphatic rings. The molecule has 2 rings (SSSR count). The molecule has 104 valence electrons. The van der Waals surface area contributed by atoms with E-state index in [-0.39, 0.29) is 23.6 Å². The summed E-state index contributed by atoms with van der Waals surface area (Å²) < 4.78 is 5.77. The molecule has 0 spiro atoms. The Morgan fingerprint density at radius 1 is 1.63 bits per heavy atom. The van der Waals surface area contributed by atoms with Crippen LogP contribution >= 0.6 is 0 Å². The molecule has 1 aliphatic heterocycles. The van der Waals surface area contributed by atoms with Crippen molar-refractivity contribution >= 4 is 17.5 Å². The Morgan fingerprint density at radius 2 is 2.32 bits per heavy atom. The van der Waals surface area contributed by atoms with E-state index >= 15 is 0 Å². The summed E-state index contributed by atoms with van der Waals surface area (Å²) >= 11 is 0. The van der Waals surface area contributed by atoms with E-state index < -0.39 is 10.5 Å². The van der Waals surface area contributed by atoms with Crippen LogP contribution in [0.4, 0.5) is 17.5 Å². The van der Waals surface area contributed by atoms with E-state index in [9.17, 15) is 10.1 Å². The number of hydrogen-bond donors (Lipinski definition) is 1. The van der Waals surface area contributed by atoms with Gasteiger partial charge in [0.05, 0.1) is 16.6 Å². The quantitative estimate of drug-likeness (QED) is 0.628. The third-order valence-corrected chi connectivity index (χ3v) is 2.83. The minimum absolute atomic E-state index is 0.0255. The topological polar surface area (TPSA) is 107 Å². The molecule has 0 aromatic carbocycles. The number of aromatic nitrogens is 2. The molecule has 0 aliphatic carbocycles. The molecule has 8 nitrogen and oxygen atoms in total. The minimum Gasteiger partial charge on any atom is -0.369 e. The summed E-state index contributed by atoms with van der Waals surface area (Å²) in [6.45, 7) is 6.83. The average Bonchev–Trinajstić information content (AvgIpc) is 2.25. The summed E-state index contributed by atoms with van der Waals surface area (Å²) in [7, 11) is 0. The maximum absolute atomic E-state index is 11.0. The first-order chi connectivity index (χ1) is 8.78. The van der Waals surface area contributed by atoms with Crippen molar-refractivity contribution < 1.29 is 9.66 Å². The summed E-state index contributed by atoms with van der Waals surface area (Å²) in [5.74, 6) is 0.276. The molecule has 0 bridgehead atoms. The summed E-state index contributed by atoms with van der Waals surface area (Å²) in [6, 6.07) is 0. The van der Waals surface area contributed by atoms with Crippen LogP contribution in [-0.2, 0) is 4.74 Å². The summed E-state index contributed by atoms with van der Waals surface area (Å²) in [6.07, 6.45) is 1.10. The Bertz CT molecular complexity index is 505. The Labute approximate surface area is 110 Å². The highest BCUT2D eigenvalue weighted by Crippen LogP contribution is 2.30. The van der Waals surface area contributed by atoms with Crippen LogP contribution in [0, 0.1) is 10.1 Å². The van der Waals surface area contributed by atoms with E-state index in [1.54, 1.807) is 0 Å². The van der Waals surface area contributed by atoms with E-state index in [1.807, 2.05) is 25.7 Å². The molecule has 1 fully saturated rings. The third-order valence-electron chi connectivity index (χ3n) is 2.83. The molecule has 2 N–H and O–H groups in total. The van der Waals surface area contributed by atoms with Crippen LogP contribution in [0.15, 0.2) is 6.20 Å². The Balaban J connectivity index is 2.40. The predicted molar refractivity (Wildman–Crippen MR) is 69.9 cm³/mol. The number of morpholine rings is 1. The van der Waals surface area contributed by atoms with Gasteiger partial charge >= 0.3 is 5.69 Å².